The first-order chi connectivity index (χ1) is 6.63. The molecule has 0 amide bonds. The average molecular weight is 214 g/mol. The highest BCUT2D eigenvalue weighted by Gasteiger charge is 2.06. The Bertz CT molecular complexity index is 341. The third-order valence-corrected chi connectivity index (χ3v) is 2.00. The number of nitrogens with two attached hydrogens (primary N) is 1. The van der Waals surface area contributed by atoms with Gasteiger partial charge in [-0.3, -0.25) is 0 Å². The van der Waals surface area contributed by atoms with Crippen LogP contribution in [0.4, 0.5) is 5.69 Å². The molecule has 0 aliphatic rings. The molecular weight excluding hydrogens is 202 g/mol. The van der Waals surface area contributed by atoms with Crippen molar-refractivity contribution in [2.75, 3.05) is 5.32 Å². The number of halogens is 1. The van der Waals surface area contributed by atoms with Crippen LogP contribution in [0.2, 0.25) is 5.02 Å². The normalized spacial score (nSPS) is 13.7. The Labute approximate surface area is 87.4 Å². The minimum Gasteiger partial charge on any atom is -0.409 e. The van der Waals surface area contributed by atoms with Gasteiger partial charge in [-0.25, -0.2) is 0 Å². The van der Waals surface area contributed by atoms with E-state index >= 15 is 0 Å². The summed E-state index contributed by atoms with van der Waals surface area (Å²) in [5.74, 6) is 0.130. The van der Waals surface area contributed by atoms with Gasteiger partial charge in [-0.1, -0.05) is 22.8 Å². The van der Waals surface area contributed by atoms with E-state index in [9.17, 15) is 0 Å². The van der Waals surface area contributed by atoms with Crippen molar-refractivity contribution < 1.29 is 5.21 Å². The molecule has 1 rings (SSSR count). The van der Waals surface area contributed by atoms with Gasteiger partial charge in [0, 0.05) is 10.7 Å². The summed E-state index contributed by atoms with van der Waals surface area (Å²) in [5.41, 5.74) is 6.24. The van der Waals surface area contributed by atoms with Crippen LogP contribution >= 0.6 is 11.6 Å². The van der Waals surface area contributed by atoms with E-state index < -0.39 is 0 Å². The maximum atomic E-state index is 8.43. The molecule has 4 nitrogen and oxygen atoms in total. The Morgan fingerprint density at radius 1 is 1.64 bits per heavy atom. The summed E-state index contributed by atoms with van der Waals surface area (Å²) in [6.45, 7) is 1.79. The second-order valence-corrected chi connectivity index (χ2v) is 3.34. The van der Waals surface area contributed by atoms with Crippen molar-refractivity contribution in [3.63, 3.8) is 0 Å². The summed E-state index contributed by atoms with van der Waals surface area (Å²) < 4.78 is 0. The van der Waals surface area contributed by atoms with E-state index in [0.717, 1.165) is 5.69 Å². The van der Waals surface area contributed by atoms with Crippen molar-refractivity contribution in [2.45, 2.75) is 13.0 Å². The molecule has 0 saturated heterocycles. The van der Waals surface area contributed by atoms with Crippen LogP contribution < -0.4 is 11.1 Å². The van der Waals surface area contributed by atoms with Crippen LogP contribution in [-0.4, -0.2) is 17.1 Å². The molecule has 1 aromatic rings. The number of hydrogen-bond acceptors (Lipinski definition) is 3. The fraction of sp³-hybridized carbons (Fsp3) is 0.222. The summed E-state index contributed by atoms with van der Waals surface area (Å²) in [6, 6.07) is 6.98. The second kappa shape index (κ2) is 4.72. The van der Waals surface area contributed by atoms with Gasteiger partial charge >= 0.3 is 0 Å². The first-order valence-corrected chi connectivity index (χ1v) is 4.51. The Morgan fingerprint density at radius 2 is 2.36 bits per heavy atom. The third kappa shape index (κ3) is 2.81. The largest absolute Gasteiger partial charge is 0.409 e. The van der Waals surface area contributed by atoms with Crippen LogP contribution in [0.5, 0.6) is 0 Å². The molecule has 0 aliphatic heterocycles. The first kappa shape index (κ1) is 10.7. The molecule has 1 atom stereocenters. The van der Waals surface area contributed by atoms with Crippen molar-refractivity contribution >= 4 is 23.1 Å². The lowest BCUT2D eigenvalue weighted by Gasteiger charge is -2.13. The Hall–Kier alpha value is -1.42. The SMILES string of the molecule is CC(Nc1cccc(Cl)c1)C(N)=NO. The van der Waals surface area contributed by atoms with Gasteiger partial charge in [0.2, 0.25) is 0 Å². The monoisotopic (exact) mass is 213 g/mol. The highest BCUT2D eigenvalue weighted by molar-refractivity contribution is 6.30. The molecule has 5 heteroatoms. The molecule has 0 aromatic heterocycles. The van der Waals surface area contributed by atoms with Gasteiger partial charge in [0.15, 0.2) is 5.84 Å². The Balaban J connectivity index is 2.69. The molecular formula is C9H12ClN3O. The molecule has 1 aromatic carbocycles. The Kier molecular flexibility index (Phi) is 3.59. The maximum Gasteiger partial charge on any atom is 0.161 e. The molecule has 0 bridgehead atoms. The van der Waals surface area contributed by atoms with Crippen LogP contribution in [0.1, 0.15) is 6.92 Å². The lowest BCUT2D eigenvalue weighted by Crippen LogP contribution is -2.32. The minimum atomic E-state index is -0.238. The topological polar surface area (TPSA) is 70.6 Å². The molecule has 0 fully saturated rings. The fourth-order valence-corrected chi connectivity index (χ4v) is 1.18. The van der Waals surface area contributed by atoms with Gasteiger partial charge in [0.1, 0.15) is 0 Å². The predicted octanol–water partition coefficient (Wildman–Crippen LogP) is 1.89. The summed E-state index contributed by atoms with van der Waals surface area (Å²) >= 11 is 5.79. The number of nitrogens with zero attached hydrogens (tertiary/aromatic N) is 1. The van der Waals surface area contributed by atoms with Crippen molar-refractivity contribution in [3.8, 4) is 0 Å². The molecule has 0 spiro atoms. The molecule has 4 N–H and O–H groups in total. The highest BCUT2D eigenvalue weighted by atomic mass is 35.5. The number of benzene rings is 1. The minimum absolute atomic E-state index is 0.130. The number of anilines is 1. The molecule has 1 unspecified atom stereocenters. The summed E-state index contributed by atoms with van der Waals surface area (Å²) in [5, 5.41) is 15.0. The predicted molar refractivity (Wildman–Crippen MR) is 57.9 cm³/mol. The van der Waals surface area contributed by atoms with Gasteiger partial charge in [-0.15, -0.1) is 0 Å². The lowest BCUT2D eigenvalue weighted by atomic mass is 10.2. The van der Waals surface area contributed by atoms with Gasteiger partial charge in [-0.05, 0) is 25.1 Å². The summed E-state index contributed by atoms with van der Waals surface area (Å²) in [7, 11) is 0. The van der Waals surface area contributed by atoms with Gasteiger partial charge in [0.25, 0.3) is 0 Å². The van der Waals surface area contributed by atoms with Crippen molar-refractivity contribution in [3.05, 3.63) is 29.3 Å². The smallest absolute Gasteiger partial charge is 0.161 e. The Morgan fingerprint density at radius 3 is 2.93 bits per heavy atom. The number of oxime groups is 1. The van der Waals surface area contributed by atoms with E-state index in [0.29, 0.717) is 5.02 Å². The molecule has 0 radical (unpaired) electrons. The van der Waals surface area contributed by atoms with Crippen LogP contribution in [-0.2, 0) is 0 Å². The summed E-state index contributed by atoms with van der Waals surface area (Å²) in [4.78, 5) is 0. The second-order valence-electron chi connectivity index (χ2n) is 2.90. The lowest BCUT2D eigenvalue weighted by molar-refractivity contribution is 0.316. The van der Waals surface area contributed by atoms with Gasteiger partial charge in [-0.2, -0.15) is 0 Å². The van der Waals surface area contributed by atoms with Crippen LogP contribution in [0.15, 0.2) is 29.4 Å². The number of rotatable bonds is 3. The van der Waals surface area contributed by atoms with Crippen LogP contribution in [0.25, 0.3) is 0 Å². The number of hydrogen-bond donors (Lipinski definition) is 3. The number of nitrogens with one attached hydrogen (secondary N) is 1. The summed E-state index contributed by atoms with van der Waals surface area (Å²) in [6.07, 6.45) is 0. The van der Waals surface area contributed by atoms with E-state index in [-0.39, 0.29) is 11.9 Å². The number of amidine groups is 1. The first-order valence-electron chi connectivity index (χ1n) is 4.13. The van der Waals surface area contributed by atoms with E-state index in [1.165, 1.54) is 0 Å². The third-order valence-electron chi connectivity index (χ3n) is 1.77. The highest BCUT2D eigenvalue weighted by Crippen LogP contribution is 2.15. The quantitative estimate of drug-likeness (QED) is 0.311. The molecule has 76 valence electrons. The van der Waals surface area contributed by atoms with E-state index in [4.69, 9.17) is 22.5 Å². The van der Waals surface area contributed by atoms with E-state index in [1.807, 2.05) is 12.1 Å². The van der Waals surface area contributed by atoms with Gasteiger partial charge in [0.05, 0.1) is 6.04 Å². The van der Waals surface area contributed by atoms with E-state index in [1.54, 1.807) is 19.1 Å². The van der Waals surface area contributed by atoms with E-state index in [2.05, 4.69) is 10.5 Å². The molecule has 0 saturated carbocycles. The van der Waals surface area contributed by atoms with Crippen molar-refractivity contribution in [1.29, 1.82) is 0 Å². The molecule has 0 aliphatic carbocycles. The van der Waals surface area contributed by atoms with Crippen LogP contribution in [0, 0.1) is 0 Å². The van der Waals surface area contributed by atoms with Crippen molar-refractivity contribution in [2.24, 2.45) is 10.9 Å². The molecule has 0 heterocycles. The van der Waals surface area contributed by atoms with Crippen LogP contribution in [0.3, 0.4) is 0 Å². The standard InChI is InChI=1S/C9H12ClN3O/c1-6(9(11)13-14)12-8-4-2-3-7(10)5-8/h2-6,12,14H,1H3,(H2,11,13). The zero-order chi connectivity index (χ0) is 10.6. The zero-order valence-corrected chi connectivity index (χ0v) is 8.49. The van der Waals surface area contributed by atoms with Crippen molar-refractivity contribution in [1.82, 2.24) is 0 Å². The molecule has 14 heavy (non-hydrogen) atoms. The fourth-order valence-electron chi connectivity index (χ4n) is 0.989. The maximum absolute atomic E-state index is 8.43. The zero-order valence-electron chi connectivity index (χ0n) is 7.74. The van der Waals surface area contributed by atoms with Gasteiger partial charge < -0.3 is 16.3 Å². The average Bonchev–Trinajstić information content (AvgIpc) is 2.16.